The molecule has 1 heterocycles. The molecular formula is C15H22BrNO2S. The molecule has 0 saturated heterocycles. The average molecular weight is 360 g/mol. The fourth-order valence-corrected chi connectivity index (χ4v) is 4.02. The molecule has 1 saturated carbocycles. The molecule has 1 aromatic rings. The van der Waals surface area contributed by atoms with Gasteiger partial charge in [-0.05, 0) is 66.6 Å². The van der Waals surface area contributed by atoms with E-state index in [-0.39, 0.29) is 12.5 Å². The van der Waals surface area contributed by atoms with Gasteiger partial charge >= 0.3 is 0 Å². The third-order valence-corrected chi connectivity index (χ3v) is 5.52. The standard InChI is InChI=1S/C15H22BrNO2S/c16-14-9-8-13(20-14)6-2-7-15(19)17(10-3-11-18)12-4-1-5-12/h8-9,12,18H,1-7,10-11H2. The number of rotatable bonds is 8. The molecule has 0 radical (unpaired) electrons. The maximum Gasteiger partial charge on any atom is 0.222 e. The summed E-state index contributed by atoms with van der Waals surface area (Å²) in [5.41, 5.74) is 0. The number of hydrogen-bond acceptors (Lipinski definition) is 3. The largest absolute Gasteiger partial charge is 0.396 e. The van der Waals surface area contributed by atoms with E-state index in [9.17, 15) is 4.79 Å². The van der Waals surface area contributed by atoms with Crippen molar-refractivity contribution < 1.29 is 9.90 Å². The lowest BCUT2D eigenvalue weighted by Gasteiger charge is -2.37. The molecule has 3 nitrogen and oxygen atoms in total. The quantitative estimate of drug-likeness (QED) is 0.770. The zero-order valence-electron chi connectivity index (χ0n) is 11.7. The first-order valence-corrected chi connectivity index (χ1v) is 8.96. The van der Waals surface area contributed by atoms with Crippen LogP contribution in [0.3, 0.4) is 0 Å². The lowest BCUT2D eigenvalue weighted by Crippen LogP contribution is -2.44. The minimum absolute atomic E-state index is 0.166. The molecule has 112 valence electrons. The fraction of sp³-hybridized carbons (Fsp3) is 0.667. The third-order valence-electron chi connectivity index (χ3n) is 3.84. The number of carbonyl (C=O) groups is 1. The second kappa shape index (κ2) is 8.15. The minimum atomic E-state index is 0.166. The van der Waals surface area contributed by atoms with E-state index in [1.807, 2.05) is 4.90 Å². The van der Waals surface area contributed by atoms with Crippen LogP contribution >= 0.6 is 27.3 Å². The molecule has 20 heavy (non-hydrogen) atoms. The summed E-state index contributed by atoms with van der Waals surface area (Å²) in [6.45, 7) is 0.879. The fourth-order valence-electron chi connectivity index (χ4n) is 2.49. The van der Waals surface area contributed by atoms with Crippen molar-refractivity contribution in [3.05, 3.63) is 20.8 Å². The molecule has 1 N–H and O–H groups in total. The van der Waals surface area contributed by atoms with Gasteiger partial charge in [-0.3, -0.25) is 4.79 Å². The van der Waals surface area contributed by atoms with Crippen LogP contribution in [0.4, 0.5) is 0 Å². The van der Waals surface area contributed by atoms with E-state index < -0.39 is 0 Å². The second-order valence-corrected chi connectivity index (χ2v) is 7.86. The molecule has 0 aromatic carbocycles. The van der Waals surface area contributed by atoms with Crippen molar-refractivity contribution in [3.8, 4) is 0 Å². The van der Waals surface area contributed by atoms with Crippen molar-refractivity contribution in [3.63, 3.8) is 0 Å². The van der Waals surface area contributed by atoms with Gasteiger partial charge in [0.25, 0.3) is 0 Å². The number of thiophene rings is 1. The summed E-state index contributed by atoms with van der Waals surface area (Å²) in [7, 11) is 0. The third kappa shape index (κ3) is 4.57. The lowest BCUT2D eigenvalue weighted by atomic mass is 9.91. The van der Waals surface area contributed by atoms with Crippen LogP contribution in [0.2, 0.25) is 0 Å². The summed E-state index contributed by atoms with van der Waals surface area (Å²) >= 11 is 5.20. The van der Waals surface area contributed by atoms with Crippen molar-refractivity contribution in [2.24, 2.45) is 0 Å². The first kappa shape index (κ1) is 16.0. The molecule has 5 heteroatoms. The van der Waals surface area contributed by atoms with Crippen molar-refractivity contribution in [2.75, 3.05) is 13.2 Å². The van der Waals surface area contributed by atoms with Gasteiger partial charge in [0.2, 0.25) is 5.91 Å². The van der Waals surface area contributed by atoms with Gasteiger partial charge < -0.3 is 10.0 Å². The van der Waals surface area contributed by atoms with E-state index in [1.54, 1.807) is 11.3 Å². The Kier molecular flexibility index (Phi) is 6.52. The predicted molar refractivity (Wildman–Crippen MR) is 86.0 cm³/mol. The zero-order chi connectivity index (χ0) is 14.4. The number of aliphatic hydroxyl groups excluding tert-OH is 1. The van der Waals surface area contributed by atoms with Crippen LogP contribution in [0, 0.1) is 0 Å². The molecule has 0 aliphatic heterocycles. The molecule has 0 spiro atoms. The second-order valence-electron chi connectivity index (χ2n) is 5.31. The molecule has 2 rings (SSSR count). The highest BCUT2D eigenvalue weighted by Crippen LogP contribution is 2.26. The summed E-state index contributed by atoms with van der Waals surface area (Å²) in [6.07, 6.45) is 6.70. The van der Waals surface area contributed by atoms with E-state index in [4.69, 9.17) is 5.11 Å². The van der Waals surface area contributed by atoms with Gasteiger partial charge in [-0.15, -0.1) is 11.3 Å². The Balaban J connectivity index is 1.75. The van der Waals surface area contributed by atoms with Gasteiger partial charge in [0.1, 0.15) is 0 Å². The van der Waals surface area contributed by atoms with Gasteiger partial charge in [0, 0.05) is 30.5 Å². The molecule has 1 aliphatic carbocycles. The van der Waals surface area contributed by atoms with E-state index >= 15 is 0 Å². The van der Waals surface area contributed by atoms with E-state index in [2.05, 4.69) is 28.1 Å². The smallest absolute Gasteiger partial charge is 0.222 e. The molecule has 0 bridgehead atoms. The van der Waals surface area contributed by atoms with E-state index in [0.717, 1.165) is 29.5 Å². The Labute approximate surface area is 133 Å². The highest BCUT2D eigenvalue weighted by atomic mass is 79.9. The molecule has 1 aromatic heterocycles. The Morgan fingerprint density at radius 2 is 2.20 bits per heavy atom. The van der Waals surface area contributed by atoms with E-state index in [0.29, 0.717) is 25.4 Å². The Morgan fingerprint density at radius 3 is 2.75 bits per heavy atom. The van der Waals surface area contributed by atoms with Crippen LogP contribution < -0.4 is 0 Å². The maximum atomic E-state index is 12.3. The van der Waals surface area contributed by atoms with Crippen LogP contribution in [0.5, 0.6) is 0 Å². The number of amides is 1. The highest BCUT2D eigenvalue weighted by Gasteiger charge is 2.27. The molecular weight excluding hydrogens is 338 g/mol. The number of hydrogen-bond donors (Lipinski definition) is 1. The van der Waals surface area contributed by atoms with Crippen LogP contribution in [0.1, 0.15) is 43.4 Å². The average Bonchev–Trinajstić information content (AvgIpc) is 2.77. The van der Waals surface area contributed by atoms with Gasteiger partial charge in [-0.2, -0.15) is 0 Å². The van der Waals surface area contributed by atoms with Crippen LogP contribution in [0.15, 0.2) is 15.9 Å². The highest BCUT2D eigenvalue weighted by molar-refractivity contribution is 9.11. The summed E-state index contributed by atoms with van der Waals surface area (Å²) in [5.74, 6) is 0.263. The summed E-state index contributed by atoms with van der Waals surface area (Å²) in [6, 6.07) is 4.61. The number of carbonyl (C=O) groups excluding carboxylic acids is 1. The van der Waals surface area contributed by atoms with Crippen molar-refractivity contribution in [1.29, 1.82) is 0 Å². The number of aliphatic hydroxyl groups is 1. The molecule has 1 amide bonds. The number of nitrogens with zero attached hydrogens (tertiary/aromatic N) is 1. The maximum absolute atomic E-state index is 12.3. The van der Waals surface area contributed by atoms with Gasteiger partial charge in [0.15, 0.2) is 0 Å². The predicted octanol–water partition coefficient (Wildman–Crippen LogP) is 3.60. The van der Waals surface area contributed by atoms with Crippen LogP contribution in [0.25, 0.3) is 0 Å². The van der Waals surface area contributed by atoms with Gasteiger partial charge in [-0.1, -0.05) is 0 Å². The number of halogens is 1. The monoisotopic (exact) mass is 359 g/mol. The summed E-state index contributed by atoms with van der Waals surface area (Å²) in [4.78, 5) is 15.7. The van der Waals surface area contributed by atoms with Crippen molar-refractivity contribution in [1.82, 2.24) is 4.90 Å². The Bertz CT molecular complexity index is 431. The number of aryl methyl sites for hydroxylation is 1. The summed E-state index contributed by atoms with van der Waals surface area (Å²) < 4.78 is 1.15. The zero-order valence-corrected chi connectivity index (χ0v) is 14.1. The van der Waals surface area contributed by atoms with E-state index in [1.165, 1.54) is 11.3 Å². The lowest BCUT2D eigenvalue weighted by molar-refractivity contribution is -0.135. The summed E-state index contributed by atoms with van der Waals surface area (Å²) in [5, 5.41) is 8.96. The topological polar surface area (TPSA) is 40.5 Å². The molecule has 1 fully saturated rings. The Hall–Kier alpha value is -0.390. The minimum Gasteiger partial charge on any atom is -0.396 e. The molecule has 0 atom stereocenters. The Morgan fingerprint density at radius 1 is 1.40 bits per heavy atom. The van der Waals surface area contributed by atoms with Crippen LogP contribution in [-0.4, -0.2) is 35.1 Å². The van der Waals surface area contributed by atoms with Crippen molar-refractivity contribution >= 4 is 33.2 Å². The van der Waals surface area contributed by atoms with Crippen LogP contribution in [-0.2, 0) is 11.2 Å². The first-order chi connectivity index (χ1) is 9.70. The van der Waals surface area contributed by atoms with Gasteiger partial charge in [-0.25, -0.2) is 0 Å². The molecule has 1 aliphatic rings. The first-order valence-electron chi connectivity index (χ1n) is 7.35. The normalized spacial score (nSPS) is 15.1. The molecule has 0 unspecified atom stereocenters. The van der Waals surface area contributed by atoms with Gasteiger partial charge in [0.05, 0.1) is 3.79 Å². The SMILES string of the molecule is O=C(CCCc1ccc(Br)s1)N(CCCO)C1CCC1. The van der Waals surface area contributed by atoms with Crippen molar-refractivity contribution in [2.45, 2.75) is 51.0 Å².